The molecule has 2 fully saturated rings. The number of hydrogen-bond acceptors (Lipinski definition) is 10. The fourth-order valence-electron chi connectivity index (χ4n) is 7.12. The summed E-state index contributed by atoms with van der Waals surface area (Å²) in [5.41, 5.74) is 12.6. The molecule has 56 heavy (non-hydrogen) atoms. The molecular formula is C37H53N9O10. The molecule has 0 radical (unpaired) electrons. The Hall–Kier alpha value is -5.56. The first kappa shape index (κ1) is 43.2. The van der Waals surface area contributed by atoms with Crippen molar-refractivity contribution >= 4 is 58.2 Å². The molecule has 306 valence electrons. The van der Waals surface area contributed by atoms with Crippen molar-refractivity contribution in [2.45, 2.75) is 101 Å². The molecule has 4 rings (SSSR count). The van der Waals surface area contributed by atoms with E-state index in [1.807, 2.05) is 38.1 Å². The summed E-state index contributed by atoms with van der Waals surface area (Å²) in [5.74, 6) is -5.95. The van der Waals surface area contributed by atoms with Gasteiger partial charge in [0.15, 0.2) is 0 Å². The van der Waals surface area contributed by atoms with Gasteiger partial charge >= 0.3 is 5.97 Å². The van der Waals surface area contributed by atoms with Gasteiger partial charge in [-0.1, -0.05) is 32.0 Å². The molecule has 2 aliphatic rings. The highest BCUT2D eigenvalue weighted by molar-refractivity contribution is 5.97. The third-order valence-corrected chi connectivity index (χ3v) is 9.99. The van der Waals surface area contributed by atoms with Gasteiger partial charge in [-0.15, -0.1) is 0 Å². The molecule has 2 aliphatic heterocycles. The number of H-pyrrole nitrogens is 1. The number of para-hydroxylation sites is 1. The Morgan fingerprint density at radius 3 is 2.14 bits per heavy atom. The highest BCUT2D eigenvalue weighted by Crippen LogP contribution is 2.24. The summed E-state index contributed by atoms with van der Waals surface area (Å²) in [7, 11) is 0. The second kappa shape index (κ2) is 19.9. The lowest BCUT2D eigenvalue weighted by molar-refractivity contribution is -0.145. The number of rotatable bonds is 19. The quantitative estimate of drug-likeness (QED) is 0.0749. The Kier molecular flexibility index (Phi) is 15.3. The van der Waals surface area contributed by atoms with E-state index in [9.17, 15) is 48.6 Å². The first-order valence-corrected chi connectivity index (χ1v) is 18.8. The number of benzene rings is 1. The van der Waals surface area contributed by atoms with Crippen LogP contribution in [0.2, 0.25) is 0 Å². The van der Waals surface area contributed by atoms with Gasteiger partial charge in [-0.05, 0) is 56.1 Å². The maximum Gasteiger partial charge on any atom is 0.328 e. The molecule has 2 aromatic rings. The molecule has 19 heteroatoms. The largest absolute Gasteiger partial charge is 0.480 e. The van der Waals surface area contributed by atoms with E-state index in [0.717, 1.165) is 10.9 Å². The van der Waals surface area contributed by atoms with Crippen molar-refractivity contribution in [3.8, 4) is 0 Å². The minimum atomic E-state index is -1.57. The van der Waals surface area contributed by atoms with Gasteiger partial charge < -0.3 is 57.7 Å². The summed E-state index contributed by atoms with van der Waals surface area (Å²) in [5, 5.41) is 29.8. The van der Waals surface area contributed by atoms with Crippen molar-refractivity contribution in [3.63, 3.8) is 0 Å². The molecule has 0 aliphatic carbocycles. The first-order chi connectivity index (χ1) is 26.6. The number of aromatic amines is 1. The van der Waals surface area contributed by atoms with E-state index >= 15 is 0 Å². The van der Waals surface area contributed by atoms with Crippen LogP contribution in [0.1, 0.15) is 64.4 Å². The van der Waals surface area contributed by atoms with E-state index in [1.54, 1.807) is 6.20 Å². The number of carboxylic acid groups (broad SMARTS) is 1. The maximum absolute atomic E-state index is 14.3. The summed E-state index contributed by atoms with van der Waals surface area (Å²) in [6.45, 7) is 2.75. The Morgan fingerprint density at radius 1 is 0.875 bits per heavy atom. The second-order valence-corrected chi connectivity index (χ2v) is 14.7. The molecule has 3 heterocycles. The Morgan fingerprint density at radius 2 is 1.52 bits per heavy atom. The SMILES string of the molecule is CC(C)C[C@H](NC(=O)CNC(=O)[C@@H]1CCCN1C(=O)[C@@H](N)CCC(N)=O)C(=O)N[C@@H](Cc1c[nH]c2ccccc12)C(=O)N1CCC[C@H]1C(=O)N[C@@H](CO)C(=O)O. The molecule has 0 spiro atoms. The van der Waals surface area contributed by atoms with Crippen LogP contribution in [0.15, 0.2) is 30.5 Å². The van der Waals surface area contributed by atoms with Gasteiger partial charge in [-0.25, -0.2) is 4.79 Å². The molecule has 11 N–H and O–H groups in total. The number of aliphatic hydroxyl groups excluding tert-OH is 1. The fourth-order valence-corrected chi connectivity index (χ4v) is 7.12. The Balaban J connectivity index is 1.47. The maximum atomic E-state index is 14.3. The summed E-state index contributed by atoms with van der Waals surface area (Å²) in [6.07, 6.45) is 3.37. The Bertz CT molecular complexity index is 1780. The number of carbonyl (C=O) groups is 8. The van der Waals surface area contributed by atoms with E-state index < -0.39 is 96.7 Å². The fraction of sp³-hybridized carbons (Fsp3) is 0.568. The van der Waals surface area contributed by atoms with Crippen LogP contribution in [0.4, 0.5) is 0 Å². The number of likely N-dealkylation sites (tertiary alicyclic amines) is 2. The average Bonchev–Trinajstić information content (AvgIpc) is 3.94. The van der Waals surface area contributed by atoms with Crippen molar-refractivity contribution in [3.05, 3.63) is 36.0 Å². The van der Waals surface area contributed by atoms with E-state index in [1.165, 1.54) is 9.80 Å². The number of primary amides is 1. The van der Waals surface area contributed by atoms with Crippen molar-refractivity contribution in [2.24, 2.45) is 17.4 Å². The van der Waals surface area contributed by atoms with Crippen molar-refractivity contribution < 1.29 is 48.6 Å². The van der Waals surface area contributed by atoms with E-state index in [2.05, 4.69) is 26.3 Å². The number of fused-ring (bicyclic) bond motifs is 1. The van der Waals surface area contributed by atoms with Gasteiger partial charge in [0.2, 0.25) is 41.4 Å². The molecule has 6 atom stereocenters. The van der Waals surface area contributed by atoms with Crippen LogP contribution in [-0.4, -0.2) is 135 Å². The van der Waals surface area contributed by atoms with E-state index in [4.69, 9.17) is 11.5 Å². The van der Waals surface area contributed by atoms with Crippen LogP contribution in [0.25, 0.3) is 10.9 Å². The van der Waals surface area contributed by atoms with Gasteiger partial charge in [-0.2, -0.15) is 0 Å². The molecule has 19 nitrogen and oxygen atoms in total. The number of aromatic nitrogens is 1. The lowest BCUT2D eigenvalue weighted by Crippen LogP contribution is -2.59. The normalized spacial score (nSPS) is 18.9. The minimum Gasteiger partial charge on any atom is -0.480 e. The number of nitrogens with two attached hydrogens (primary N) is 2. The summed E-state index contributed by atoms with van der Waals surface area (Å²) in [4.78, 5) is 109. The standard InChI is InChI=1S/C37H53N9O10/c1-20(2)15-25(42-31(49)18-41-33(51)28-9-5-13-45(28)35(53)23(38)11-12-30(39)48)32(50)43-26(16-21-17-40-24-8-4-3-7-22(21)24)36(54)46-14-6-10-29(46)34(52)44-27(19-47)37(55)56/h3-4,7-8,17,20,23,25-29,40,47H,5-6,9-16,18-19,38H2,1-2H3,(H2,39,48)(H,41,51)(H,42,49)(H,43,50)(H,44,52)(H,55,56)/t23-,25-,26-,27-,28-,29-/m0/s1. The van der Waals surface area contributed by atoms with Crippen molar-refractivity contribution in [1.82, 2.24) is 36.1 Å². The number of amides is 7. The van der Waals surface area contributed by atoms with Crippen LogP contribution in [0.3, 0.4) is 0 Å². The number of aliphatic carboxylic acids is 1. The van der Waals surface area contributed by atoms with E-state index in [-0.39, 0.29) is 51.1 Å². The van der Waals surface area contributed by atoms with Gasteiger partial charge in [0.1, 0.15) is 30.2 Å². The number of hydrogen-bond donors (Lipinski definition) is 9. The van der Waals surface area contributed by atoms with Crippen LogP contribution in [0, 0.1) is 5.92 Å². The molecule has 0 bridgehead atoms. The molecule has 1 aromatic heterocycles. The monoisotopic (exact) mass is 783 g/mol. The smallest absolute Gasteiger partial charge is 0.328 e. The van der Waals surface area contributed by atoms with Crippen molar-refractivity contribution in [1.29, 1.82) is 0 Å². The number of carbonyl (C=O) groups excluding carboxylic acids is 7. The molecule has 0 unspecified atom stereocenters. The number of nitrogens with zero attached hydrogens (tertiary/aromatic N) is 2. The predicted octanol–water partition coefficient (Wildman–Crippen LogP) is -2.02. The van der Waals surface area contributed by atoms with Crippen LogP contribution >= 0.6 is 0 Å². The highest BCUT2D eigenvalue weighted by atomic mass is 16.4. The highest BCUT2D eigenvalue weighted by Gasteiger charge is 2.40. The summed E-state index contributed by atoms with van der Waals surface area (Å²) < 4.78 is 0. The zero-order valence-electron chi connectivity index (χ0n) is 31.6. The topological polar surface area (TPSA) is 299 Å². The van der Waals surface area contributed by atoms with Gasteiger partial charge in [0, 0.05) is 43.0 Å². The van der Waals surface area contributed by atoms with Gasteiger partial charge in [0.05, 0.1) is 19.2 Å². The molecule has 0 saturated carbocycles. The lowest BCUT2D eigenvalue weighted by atomic mass is 10.00. The second-order valence-electron chi connectivity index (χ2n) is 14.7. The van der Waals surface area contributed by atoms with Crippen LogP contribution in [-0.2, 0) is 44.8 Å². The zero-order chi connectivity index (χ0) is 41.1. The van der Waals surface area contributed by atoms with Crippen LogP contribution in [0.5, 0.6) is 0 Å². The Labute approximate surface area is 323 Å². The molecule has 1 aromatic carbocycles. The van der Waals surface area contributed by atoms with E-state index in [0.29, 0.717) is 24.8 Å². The number of carboxylic acids is 1. The third-order valence-electron chi connectivity index (χ3n) is 9.99. The van der Waals surface area contributed by atoms with Gasteiger partial charge in [-0.3, -0.25) is 33.6 Å². The molecule has 7 amide bonds. The number of nitrogens with one attached hydrogen (secondary N) is 5. The molecular weight excluding hydrogens is 730 g/mol. The third kappa shape index (κ3) is 11.2. The molecule has 2 saturated heterocycles. The summed E-state index contributed by atoms with van der Waals surface area (Å²) in [6, 6.07) is 0.506. The summed E-state index contributed by atoms with van der Waals surface area (Å²) >= 11 is 0. The zero-order valence-corrected chi connectivity index (χ0v) is 31.6. The average molecular weight is 784 g/mol. The predicted molar refractivity (Wildman–Crippen MR) is 201 cm³/mol. The lowest BCUT2D eigenvalue weighted by Gasteiger charge is -2.30. The minimum absolute atomic E-state index is 0.00894. The number of aliphatic hydroxyl groups is 1. The van der Waals surface area contributed by atoms with Crippen LogP contribution < -0.4 is 32.7 Å². The van der Waals surface area contributed by atoms with Crippen molar-refractivity contribution in [2.75, 3.05) is 26.2 Å². The first-order valence-electron chi connectivity index (χ1n) is 18.8. The van der Waals surface area contributed by atoms with Gasteiger partial charge in [0.25, 0.3) is 0 Å².